The zero-order valence-corrected chi connectivity index (χ0v) is 20.2. The first-order valence-electron chi connectivity index (χ1n) is 10.4. The van der Waals surface area contributed by atoms with E-state index in [0.29, 0.717) is 16.7 Å². The monoisotopic (exact) mass is 493 g/mol. The number of rotatable bonds is 7. The summed E-state index contributed by atoms with van der Waals surface area (Å²) < 4.78 is 25.1. The lowest BCUT2D eigenvalue weighted by molar-refractivity contribution is -0.113. The molecule has 1 heterocycles. The van der Waals surface area contributed by atoms with Crippen molar-refractivity contribution in [3.05, 3.63) is 83.9 Å². The number of sulfonamides is 1. The Morgan fingerprint density at radius 2 is 1.74 bits per heavy atom. The van der Waals surface area contributed by atoms with Crippen LogP contribution in [0, 0.1) is 13.8 Å². The van der Waals surface area contributed by atoms with Gasteiger partial charge in [-0.05, 0) is 55.3 Å². The van der Waals surface area contributed by atoms with E-state index >= 15 is 0 Å². The Labute approximate surface area is 202 Å². The van der Waals surface area contributed by atoms with Gasteiger partial charge in [0.1, 0.15) is 0 Å². The highest BCUT2D eigenvalue weighted by atomic mass is 32.2. The van der Waals surface area contributed by atoms with Gasteiger partial charge in [-0.3, -0.25) is 9.36 Å². The summed E-state index contributed by atoms with van der Waals surface area (Å²) in [7, 11) is -3.86. The number of amides is 1. The lowest BCUT2D eigenvalue weighted by atomic mass is 10.1. The Hall–Kier alpha value is -3.47. The summed E-state index contributed by atoms with van der Waals surface area (Å²) in [6.07, 6.45) is 0. The molecule has 0 saturated heterocycles. The van der Waals surface area contributed by atoms with Crippen molar-refractivity contribution in [3.8, 4) is 17.1 Å². The predicted octanol–water partition coefficient (Wildman–Crippen LogP) is 3.93. The number of anilines is 1. The van der Waals surface area contributed by atoms with Gasteiger partial charge in [-0.15, -0.1) is 10.2 Å². The topological polar surface area (TPSA) is 120 Å². The molecule has 0 aliphatic heterocycles. The van der Waals surface area contributed by atoms with Crippen molar-refractivity contribution in [3.63, 3.8) is 0 Å². The molecule has 3 aromatic carbocycles. The number of carbonyl (C=O) groups excluding carboxylic acids is 1. The number of primary sulfonamides is 1. The molecule has 0 aliphatic carbocycles. The molecule has 174 valence electrons. The van der Waals surface area contributed by atoms with Crippen LogP contribution in [0.15, 0.2) is 82.8 Å². The van der Waals surface area contributed by atoms with Crippen molar-refractivity contribution < 1.29 is 13.2 Å². The quantitative estimate of drug-likeness (QED) is 0.377. The lowest BCUT2D eigenvalue weighted by Crippen LogP contribution is -2.16. The molecule has 0 saturated carbocycles. The summed E-state index contributed by atoms with van der Waals surface area (Å²) >= 11 is 1.24. The van der Waals surface area contributed by atoms with Crippen LogP contribution in [0.1, 0.15) is 11.1 Å². The number of thioether (sulfide) groups is 1. The molecule has 34 heavy (non-hydrogen) atoms. The largest absolute Gasteiger partial charge is 0.325 e. The number of aromatic nitrogens is 3. The minimum absolute atomic E-state index is 0.0529. The third-order valence-electron chi connectivity index (χ3n) is 5.19. The maximum absolute atomic E-state index is 12.6. The Kier molecular flexibility index (Phi) is 6.82. The first-order chi connectivity index (χ1) is 16.2. The van der Waals surface area contributed by atoms with E-state index in [4.69, 9.17) is 5.14 Å². The molecule has 0 fully saturated rings. The second-order valence-corrected chi connectivity index (χ2v) is 10.2. The number of nitrogens with one attached hydrogen (secondary N) is 1. The number of benzene rings is 3. The minimum Gasteiger partial charge on any atom is -0.325 e. The average Bonchev–Trinajstić information content (AvgIpc) is 3.24. The Bertz CT molecular complexity index is 1450. The van der Waals surface area contributed by atoms with Crippen LogP contribution in [0.25, 0.3) is 17.1 Å². The third kappa shape index (κ3) is 5.36. The van der Waals surface area contributed by atoms with Crippen LogP contribution in [-0.4, -0.2) is 34.8 Å². The van der Waals surface area contributed by atoms with E-state index in [1.165, 1.54) is 35.5 Å². The van der Waals surface area contributed by atoms with E-state index < -0.39 is 10.0 Å². The molecule has 4 aromatic rings. The molecular formula is C24H23N5O3S2. The number of aryl methyl sites for hydroxylation is 2. The number of nitrogens with zero attached hydrogens (tertiary/aromatic N) is 3. The van der Waals surface area contributed by atoms with Crippen LogP contribution in [0.2, 0.25) is 0 Å². The maximum Gasteiger partial charge on any atom is 0.238 e. The molecule has 4 rings (SSSR count). The zero-order chi connectivity index (χ0) is 24.3. The van der Waals surface area contributed by atoms with Crippen molar-refractivity contribution in [1.82, 2.24) is 14.8 Å². The van der Waals surface area contributed by atoms with Crippen molar-refractivity contribution >= 4 is 33.4 Å². The van der Waals surface area contributed by atoms with Gasteiger partial charge >= 0.3 is 0 Å². The fourth-order valence-electron chi connectivity index (χ4n) is 3.31. The van der Waals surface area contributed by atoms with Gasteiger partial charge in [0.15, 0.2) is 11.0 Å². The van der Waals surface area contributed by atoms with E-state index in [1.54, 1.807) is 6.07 Å². The van der Waals surface area contributed by atoms with Crippen LogP contribution in [-0.2, 0) is 14.8 Å². The Morgan fingerprint density at radius 3 is 2.44 bits per heavy atom. The van der Waals surface area contributed by atoms with E-state index in [2.05, 4.69) is 21.6 Å². The van der Waals surface area contributed by atoms with Gasteiger partial charge < -0.3 is 5.32 Å². The van der Waals surface area contributed by atoms with Gasteiger partial charge in [0.05, 0.1) is 16.3 Å². The summed E-state index contributed by atoms with van der Waals surface area (Å²) in [4.78, 5) is 12.5. The fraction of sp³-hybridized carbons (Fsp3) is 0.125. The number of nitrogens with two attached hydrogens (primary N) is 1. The number of hydrogen-bond acceptors (Lipinski definition) is 6. The molecule has 0 radical (unpaired) electrons. The molecule has 0 bridgehead atoms. The first kappa shape index (κ1) is 23.7. The van der Waals surface area contributed by atoms with Crippen molar-refractivity contribution in [2.24, 2.45) is 5.14 Å². The molecule has 8 nitrogen and oxygen atoms in total. The Balaban J connectivity index is 1.59. The van der Waals surface area contributed by atoms with Crippen LogP contribution in [0.5, 0.6) is 0 Å². The van der Waals surface area contributed by atoms with Gasteiger partial charge in [0.2, 0.25) is 15.9 Å². The van der Waals surface area contributed by atoms with Gasteiger partial charge in [-0.1, -0.05) is 54.2 Å². The lowest BCUT2D eigenvalue weighted by Gasteiger charge is -2.12. The van der Waals surface area contributed by atoms with E-state index in [-0.39, 0.29) is 16.6 Å². The van der Waals surface area contributed by atoms with Crippen molar-refractivity contribution in [2.75, 3.05) is 11.1 Å². The summed E-state index contributed by atoms with van der Waals surface area (Å²) in [5.74, 6) is 0.414. The van der Waals surface area contributed by atoms with Crippen molar-refractivity contribution in [1.29, 1.82) is 0 Å². The summed E-state index contributed by atoms with van der Waals surface area (Å²) in [6, 6.07) is 21.6. The van der Waals surface area contributed by atoms with Gasteiger partial charge in [0, 0.05) is 11.3 Å². The van der Waals surface area contributed by atoms with E-state index in [1.807, 2.05) is 60.9 Å². The van der Waals surface area contributed by atoms with Crippen LogP contribution >= 0.6 is 11.8 Å². The molecule has 0 spiro atoms. The van der Waals surface area contributed by atoms with E-state index in [9.17, 15) is 13.2 Å². The standard InChI is InChI=1S/C24H23N5O3S2/c1-16-11-12-20(13-17(16)2)29-23(18-7-4-3-5-8-18)27-28-24(29)33-15-22(30)26-19-9-6-10-21(14-19)34(25,31)32/h3-14H,15H2,1-2H3,(H,26,30)(H2,25,31,32). The molecule has 1 amide bonds. The molecule has 10 heteroatoms. The Morgan fingerprint density at radius 1 is 0.971 bits per heavy atom. The molecule has 1 aromatic heterocycles. The second kappa shape index (κ2) is 9.80. The van der Waals surface area contributed by atoms with Crippen LogP contribution in [0.3, 0.4) is 0 Å². The average molecular weight is 494 g/mol. The third-order valence-corrected chi connectivity index (χ3v) is 7.03. The number of carbonyl (C=O) groups is 1. The minimum atomic E-state index is -3.86. The second-order valence-electron chi connectivity index (χ2n) is 7.69. The predicted molar refractivity (Wildman–Crippen MR) is 133 cm³/mol. The van der Waals surface area contributed by atoms with Crippen molar-refractivity contribution in [2.45, 2.75) is 23.9 Å². The molecule has 0 unspecified atom stereocenters. The maximum atomic E-state index is 12.6. The molecule has 0 aliphatic rings. The summed E-state index contributed by atoms with van der Waals surface area (Å²) in [5.41, 5.74) is 4.46. The first-order valence-corrected chi connectivity index (χ1v) is 12.9. The van der Waals surface area contributed by atoms with Crippen LogP contribution < -0.4 is 10.5 Å². The van der Waals surface area contributed by atoms with Crippen LogP contribution in [0.4, 0.5) is 5.69 Å². The van der Waals surface area contributed by atoms with Gasteiger partial charge in [-0.2, -0.15) is 0 Å². The van der Waals surface area contributed by atoms with Gasteiger partial charge in [-0.25, -0.2) is 13.6 Å². The fourth-order valence-corrected chi connectivity index (χ4v) is 4.62. The normalized spacial score (nSPS) is 11.4. The van der Waals surface area contributed by atoms with E-state index in [0.717, 1.165) is 16.8 Å². The highest BCUT2D eigenvalue weighted by Gasteiger charge is 2.18. The van der Waals surface area contributed by atoms with Gasteiger partial charge in [0.25, 0.3) is 0 Å². The SMILES string of the molecule is Cc1ccc(-n2c(SCC(=O)Nc3cccc(S(N)(=O)=O)c3)nnc2-c2ccccc2)cc1C. The summed E-state index contributed by atoms with van der Waals surface area (Å²) in [6.45, 7) is 4.09. The zero-order valence-electron chi connectivity index (χ0n) is 18.6. The molecule has 3 N–H and O–H groups in total. The number of hydrogen-bond donors (Lipinski definition) is 2. The molecular weight excluding hydrogens is 470 g/mol. The smallest absolute Gasteiger partial charge is 0.238 e. The summed E-state index contributed by atoms with van der Waals surface area (Å²) in [5, 5.41) is 17.2. The molecule has 0 atom stereocenters. The highest BCUT2D eigenvalue weighted by Crippen LogP contribution is 2.29. The highest BCUT2D eigenvalue weighted by molar-refractivity contribution is 7.99.